The molecule has 5 heteroatoms. The van der Waals surface area contributed by atoms with Crippen LogP contribution in [0.3, 0.4) is 0 Å². The maximum atomic E-state index is 12.6. The van der Waals surface area contributed by atoms with Crippen LogP contribution in [-0.4, -0.2) is 41.3 Å². The zero-order valence-electron chi connectivity index (χ0n) is 15.2. The Morgan fingerprint density at radius 2 is 1.88 bits per heavy atom. The van der Waals surface area contributed by atoms with E-state index in [1.54, 1.807) is 4.90 Å². The number of nitrogens with one attached hydrogen (secondary N) is 1. The first kappa shape index (κ1) is 18.6. The summed E-state index contributed by atoms with van der Waals surface area (Å²) < 4.78 is 5.93. The van der Waals surface area contributed by atoms with E-state index in [2.05, 4.69) is 5.32 Å². The second-order valence-corrected chi connectivity index (χ2v) is 7.61. The first-order chi connectivity index (χ1) is 11.3. The smallest absolute Gasteiger partial charge is 0.321 e. The zero-order valence-corrected chi connectivity index (χ0v) is 15.2. The first-order valence-electron chi connectivity index (χ1n) is 8.73. The molecule has 24 heavy (non-hydrogen) atoms. The number of anilines is 1. The predicted octanol–water partition coefficient (Wildman–Crippen LogP) is 3.88. The highest BCUT2D eigenvalue weighted by molar-refractivity contribution is 5.91. The molecule has 0 heterocycles. The van der Waals surface area contributed by atoms with Gasteiger partial charge in [0.05, 0.1) is 5.69 Å². The van der Waals surface area contributed by atoms with Crippen LogP contribution >= 0.6 is 0 Å². The van der Waals surface area contributed by atoms with Crippen molar-refractivity contribution in [2.45, 2.75) is 58.1 Å². The molecular formula is C19H30N2O3. The number of amides is 2. The summed E-state index contributed by atoms with van der Waals surface area (Å²) in [6.45, 7) is 6.20. The van der Waals surface area contributed by atoms with Gasteiger partial charge in [0.15, 0.2) is 0 Å². The number of rotatable bonds is 4. The summed E-state index contributed by atoms with van der Waals surface area (Å²) >= 11 is 0. The Bertz CT molecular complexity index is 546. The van der Waals surface area contributed by atoms with Crippen molar-refractivity contribution in [1.82, 2.24) is 4.90 Å². The number of urea groups is 1. The van der Waals surface area contributed by atoms with Gasteiger partial charge in [0, 0.05) is 19.7 Å². The summed E-state index contributed by atoms with van der Waals surface area (Å²) in [5.74, 6) is 1.06. The third kappa shape index (κ3) is 5.13. The average molecular weight is 334 g/mol. The van der Waals surface area contributed by atoms with E-state index < -0.39 is 0 Å². The Morgan fingerprint density at radius 1 is 1.25 bits per heavy atom. The Morgan fingerprint density at radius 3 is 2.46 bits per heavy atom. The van der Waals surface area contributed by atoms with Crippen molar-refractivity contribution in [3.05, 3.63) is 24.3 Å². The molecule has 0 saturated heterocycles. The predicted molar refractivity (Wildman–Crippen MR) is 96.4 cm³/mol. The van der Waals surface area contributed by atoms with Crippen LogP contribution in [0.1, 0.15) is 46.5 Å². The minimum atomic E-state index is -0.324. The Balaban J connectivity index is 1.99. The largest absolute Gasteiger partial charge is 0.486 e. The maximum absolute atomic E-state index is 12.6. The van der Waals surface area contributed by atoms with E-state index in [0.717, 1.165) is 25.7 Å². The van der Waals surface area contributed by atoms with Gasteiger partial charge in [0.2, 0.25) is 0 Å². The van der Waals surface area contributed by atoms with Crippen molar-refractivity contribution in [3.63, 3.8) is 0 Å². The Labute approximate surface area is 145 Å². The molecule has 1 fully saturated rings. The lowest BCUT2D eigenvalue weighted by molar-refractivity contribution is 0.131. The molecule has 1 aliphatic carbocycles. The van der Waals surface area contributed by atoms with Crippen molar-refractivity contribution < 1.29 is 14.6 Å². The van der Waals surface area contributed by atoms with Gasteiger partial charge in [-0.25, -0.2) is 4.79 Å². The van der Waals surface area contributed by atoms with Gasteiger partial charge in [-0.3, -0.25) is 0 Å². The van der Waals surface area contributed by atoms with Gasteiger partial charge in [0.25, 0.3) is 0 Å². The van der Waals surface area contributed by atoms with Crippen LogP contribution in [0.5, 0.6) is 5.75 Å². The van der Waals surface area contributed by atoms with Gasteiger partial charge in [-0.2, -0.15) is 0 Å². The van der Waals surface area contributed by atoms with Crippen LogP contribution in [-0.2, 0) is 0 Å². The third-order valence-electron chi connectivity index (χ3n) is 4.49. The number of carbonyl (C=O) groups is 1. The molecule has 0 unspecified atom stereocenters. The Hall–Kier alpha value is -1.75. The minimum Gasteiger partial charge on any atom is -0.486 e. The van der Waals surface area contributed by atoms with E-state index in [1.807, 2.05) is 52.1 Å². The fraction of sp³-hybridized carbons (Fsp3) is 0.632. The SMILES string of the molecule is CN(C(=O)Nc1ccccc1OC(C)(C)C)C1CCC(CO)CC1. The van der Waals surface area contributed by atoms with Gasteiger partial charge >= 0.3 is 6.03 Å². The van der Waals surface area contributed by atoms with E-state index in [-0.39, 0.29) is 24.3 Å². The second-order valence-electron chi connectivity index (χ2n) is 7.61. The zero-order chi connectivity index (χ0) is 17.7. The second kappa shape index (κ2) is 7.88. The minimum absolute atomic E-state index is 0.118. The highest BCUT2D eigenvalue weighted by Gasteiger charge is 2.26. The van der Waals surface area contributed by atoms with Gasteiger partial charge in [0.1, 0.15) is 11.4 Å². The van der Waals surface area contributed by atoms with Crippen molar-refractivity contribution in [3.8, 4) is 5.75 Å². The van der Waals surface area contributed by atoms with Crippen LogP contribution in [0.4, 0.5) is 10.5 Å². The number of para-hydroxylation sites is 2. The molecule has 1 aliphatic rings. The van der Waals surface area contributed by atoms with Gasteiger partial charge in [-0.05, 0) is 64.5 Å². The molecule has 0 aliphatic heterocycles. The molecule has 0 bridgehead atoms. The molecule has 2 rings (SSSR count). The molecule has 1 aromatic carbocycles. The van der Waals surface area contributed by atoms with Crippen LogP contribution in [0, 0.1) is 5.92 Å². The van der Waals surface area contributed by atoms with Crippen LogP contribution in [0.25, 0.3) is 0 Å². The lowest BCUT2D eigenvalue weighted by atomic mass is 9.86. The summed E-state index contributed by atoms with van der Waals surface area (Å²) in [5, 5.41) is 12.2. The molecule has 1 aromatic rings. The monoisotopic (exact) mass is 334 g/mol. The van der Waals surface area contributed by atoms with E-state index in [0.29, 0.717) is 17.4 Å². The standard InChI is InChI=1S/C19H30N2O3/c1-19(2,3)24-17-8-6-5-7-16(17)20-18(23)21(4)15-11-9-14(13-22)10-12-15/h5-8,14-15,22H,9-13H2,1-4H3,(H,20,23). The topological polar surface area (TPSA) is 61.8 Å². The molecular weight excluding hydrogens is 304 g/mol. The molecule has 0 atom stereocenters. The fourth-order valence-corrected chi connectivity index (χ4v) is 3.07. The molecule has 134 valence electrons. The molecule has 2 N–H and O–H groups in total. The summed E-state index contributed by atoms with van der Waals surface area (Å²) in [4.78, 5) is 14.4. The molecule has 1 saturated carbocycles. The highest BCUT2D eigenvalue weighted by atomic mass is 16.5. The van der Waals surface area contributed by atoms with E-state index >= 15 is 0 Å². The number of nitrogens with zero attached hydrogens (tertiary/aromatic N) is 1. The molecule has 0 spiro atoms. The average Bonchev–Trinajstić information content (AvgIpc) is 2.54. The molecule has 0 aromatic heterocycles. The van der Waals surface area contributed by atoms with Gasteiger partial charge in [-0.1, -0.05) is 12.1 Å². The van der Waals surface area contributed by atoms with Crippen molar-refractivity contribution in [2.75, 3.05) is 19.0 Å². The summed E-state index contributed by atoms with van der Waals surface area (Å²) in [6, 6.07) is 7.62. The number of hydrogen-bond acceptors (Lipinski definition) is 3. The molecule has 2 amide bonds. The first-order valence-corrected chi connectivity index (χ1v) is 8.73. The van der Waals surface area contributed by atoms with E-state index in [9.17, 15) is 9.90 Å². The highest BCUT2D eigenvalue weighted by Crippen LogP contribution is 2.30. The number of benzene rings is 1. The van der Waals surface area contributed by atoms with Crippen molar-refractivity contribution >= 4 is 11.7 Å². The quantitative estimate of drug-likeness (QED) is 0.878. The number of carbonyl (C=O) groups excluding carboxylic acids is 1. The molecule has 0 radical (unpaired) electrons. The number of aliphatic hydroxyl groups excluding tert-OH is 1. The number of ether oxygens (including phenoxy) is 1. The molecule has 5 nitrogen and oxygen atoms in total. The van der Waals surface area contributed by atoms with Crippen LogP contribution in [0.2, 0.25) is 0 Å². The van der Waals surface area contributed by atoms with E-state index in [1.165, 1.54) is 0 Å². The third-order valence-corrected chi connectivity index (χ3v) is 4.49. The number of hydrogen-bond donors (Lipinski definition) is 2. The van der Waals surface area contributed by atoms with Crippen molar-refractivity contribution in [1.29, 1.82) is 0 Å². The Kier molecular flexibility index (Phi) is 6.10. The van der Waals surface area contributed by atoms with Gasteiger partial charge in [-0.15, -0.1) is 0 Å². The maximum Gasteiger partial charge on any atom is 0.321 e. The lowest BCUT2D eigenvalue weighted by Gasteiger charge is -2.34. The summed E-state index contributed by atoms with van der Waals surface area (Å²) in [7, 11) is 1.84. The van der Waals surface area contributed by atoms with Crippen LogP contribution in [0.15, 0.2) is 24.3 Å². The summed E-state index contributed by atoms with van der Waals surface area (Å²) in [6.07, 6.45) is 3.83. The van der Waals surface area contributed by atoms with Crippen LogP contribution < -0.4 is 10.1 Å². The normalized spacial score (nSPS) is 21.2. The number of aliphatic hydroxyl groups is 1. The van der Waals surface area contributed by atoms with Gasteiger partial charge < -0.3 is 20.1 Å². The van der Waals surface area contributed by atoms with E-state index in [4.69, 9.17) is 4.74 Å². The van der Waals surface area contributed by atoms with Crippen molar-refractivity contribution in [2.24, 2.45) is 5.92 Å². The lowest BCUT2D eigenvalue weighted by Crippen LogP contribution is -2.42. The summed E-state index contributed by atoms with van der Waals surface area (Å²) in [5.41, 5.74) is 0.364. The fourth-order valence-electron chi connectivity index (χ4n) is 3.07.